The first-order valence-electron chi connectivity index (χ1n) is 13.7. The number of unbranched alkanes of at least 4 members (excludes halogenated alkanes) is 1. The number of amides is 1. The number of ketones is 1. The van der Waals surface area contributed by atoms with Crippen molar-refractivity contribution in [3.8, 4) is 5.75 Å². The zero-order valence-corrected chi connectivity index (χ0v) is 25.0. The Balaban J connectivity index is 1.46. The van der Waals surface area contributed by atoms with Crippen LogP contribution in [0.5, 0.6) is 5.75 Å². The smallest absolute Gasteiger partial charge is 0.296 e. The van der Waals surface area contributed by atoms with Gasteiger partial charge in [0.25, 0.3) is 5.91 Å². The molecule has 4 aromatic rings. The number of aliphatic hydroxyl groups excluding tert-OH is 1. The van der Waals surface area contributed by atoms with Gasteiger partial charge in [-0.2, -0.15) is 0 Å². The molecule has 1 aliphatic rings. The van der Waals surface area contributed by atoms with Crippen LogP contribution in [0.4, 0.5) is 5.13 Å². The topological polar surface area (TPSA) is 92.6 Å². The average Bonchev–Trinajstić information content (AvgIpc) is 3.58. The standard InChI is InChI=1S/C33H31N3O4S2/c1-3-4-19-40-26-12-8-11-25(20-26)29-28(27(37)18-17-23-9-6-5-7-10-23)30(38)31(39)36(29)32-34-35-33(42-32)41-21-24-15-13-22(2)14-16-24/h5-18,20,29,38H,3-4,19,21H2,1-2H3/b18-17+. The molecule has 1 N–H and O–H groups in total. The number of aliphatic hydroxyl groups is 1. The lowest BCUT2D eigenvalue weighted by Crippen LogP contribution is -2.30. The zero-order valence-electron chi connectivity index (χ0n) is 23.4. The minimum atomic E-state index is -0.900. The number of ether oxygens (including phenoxy) is 1. The quantitative estimate of drug-likeness (QED) is 0.0782. The van der Waals surface area contributed by atoms with Gasteiger partial charge in [-0.05, 0) is 48.2 Å². The highest BCUT2D eigenvalue weighted by Crippen LogP contribution is 2.44. The van der Waals surface area contributed by atoms with E-state index in [4.69, 9.17) is 4.74 Å². The highest BCUT2D eigenvalue weighted by atomic mass is 32.2. The molecule has 0 saturated carbocycles. The molecular formula is C33H31N3O4S2. The highest BCUT2D eigenvalue weighted by molar-refractivity contribution is 8.00. The fourth-order valence-corrected chi connectivity index (χ4v) is 6.32. The van der Waals surface area contributed by atoms with E-state index in [1.165, 1.54) is 39.6 Å². The van der Waals surface area contributed by atoms with Crippen molar-refractivity contribution in [2.75, 3.05) is 11.5 Å². The van der Waals surface area contributed by atoms with Gasteiger partial charge in [0.05, 0.1) is 18.2 Å². The van der Waals surface area contributed by atoms with Gasteiger partial charge in [-0.3, -0.25) is 14.5 Å². The van der Waals surface area contributed by atoms with Gasteiger partial charge in [-0.1, -0.05) is 115 Å². The lowest BCUT2D eigenvalue weighted by atomic mass is 9.95. The summed E-state index contributed by atoms with van der Waals surface area (Å²) in [4.78, 5) is 28.5. The molecule has 7 nitrogen and oxygen atoms in total. The number of aryl methyl sites for hydroxylation is 1. The van der Waals surface area contributed by atoms with Crippen LogP contribution < -0.4 is 9.64 Å². The average molecular weight is 598 g/mol. The molecule has 2 heterocycles. The summed E-state index contributed by atoms with van der Waals surface area (Å²) in [5, 5.41) is 20.0. The lowest BCUT2D eigenvalue weighted by molar-refractivity contribution is -0.117. The van der Waals surface area contributed by atoms with E-state index in [1.54, 1.807) is 6.08 Å². The SMILES string of the molecule is CCCCOc1cccc(C2C(C(=O)/C=C/c3ccccc3)=C(O)C(=O)N2c2nnc(SCc3ccc(C)cc3)s2)c1. The van der Waals surface area contributed by atoms with Crippen molar-refractivity contribution in [1.29, 1.82) is 0 Å². The molecule has 5 rings (SSSR count). The third-order valence-electron chi connectivity index (χ3n) is 6.73. The Morgan fingerprint density at radius 3 is 2.62 bits per heavy atom. The number of allylic oxidation sites excluding steroid dienone is 1. The Hall–Kier alpha value is -4.21. The molecule has 0 saturated heterocycles. The summed E-state index contributed by atoms with van der Waals surface area (Å²) in [7, 11) is 0. The van der Waals surface area contributed by atoms with Crippen molar-refractivity contribution in [3.63, 3.8) is 0 Å². The van der Waals surface area contributed by atoms with Gasteiger partial charge in [0.1, 0.15) is 5.75 Å². The molecular weight excluding hydrogens is 567 g/mol. The first-order valence-corrected chi connectivity index (χ1v) is 15.5. The van der Waals surface area contributed by atoms with Crippen molar-refractivity contribution in [3.05, 3.63) is 119 Å². The van der Waals surface area contributed by atoms with Crippen molar-refractivity contribution in [2.45, 2.75) is 42.8 Å². The van der Waals surface area contributed by atoms with Gasteiger partial charge in [-0.15, -0.1) is 10.2 Å². The molecule has 214 valence electrons. The lowest BCUT2D eigenvalue weighted by Gasteiger charge is -2.24. The van der Waals surface area contributed by atoms with Gasteiger partial charge in [0.2, 0.25) is 5.13 Å². The van der Waals surface area contributed by atoms with Gasteiger partial charge in [0, 0.05) is 5.75 Å². The van der Waals surface area contributed by atoms with Gasteiger partial charge in [-0.25, -0.2) is 0 Å². The Bertz CT molecular complexity index is 1610. The summed E-state index contributed by atoms with van der Waals surface area (Å²) >= 11 is 2.77. The van der Waals surface area contributed by atoms with Gasteiger partial charge >= 0.3 is 0 Å². The molecule has 1 aromatic heterocycles. The van der Waals surface area contributed by atoms with Crippen LogP contribution in [0, 0.1) is 6.92 Å². The molecule has 3 aromatic carbocycles. The Morgan fingerprint density at radius 2 is 1.86 bits per heavy atom. The zero-order chi connectivity index (χ0) is 29.5. The minimum Gasteiger partial charge on any atom is -0.503 e. The molecule has 1 aliphatic heterocycles. The van der Waals surface area contributed by atoms with E-state index in [2.05, 4.69) is 41.4 Å². The summed E-state index contributed by atoms with van der Waals surface area (Å²) in [6.07, 6.45) is 4.95. The van der Waals surface area contributed by atoms with Crippen LogP contribution in [0.2, 0.25) is 0 Å². The number of anilines is 1. The maximum Gasteiger partial charge on any atom is 0.296 e. The summed E-state index contributed by atoms with van der Waals surface area (Å²) in [5.41, 5.74) is 3.78. The number of carbonyl (C=O) groups is 2. The largest absolute Gasteiger partial charge is 0.503 e. The van der Waals surface area contributed by atoms with E-state index in [9.17, 15) is 14.7 Å². The van der Waals surface area contributed by atoms with Crippen molar-refractivity contribution >= 4 is 46.0 Å². The van der Waals surface area contributed by atoms with Crippen LogP contribution in [0.1, 0.15) is 48.1 Å². The normalized spacial score (nSPS) is 15.1. The number of thioether (sulfide) groups is 1. The third-order valence-corrected chi connectivity index (χ3v) is 8.85. The molecule has 0 bridgehead atoms. The summed E-state index contributed by atoms with van der Waals surface area (Å²) in [6.45, 7) is 4.69. The molecule has 42 heavy (non-hydrogen) atoms. The Kier molecular flexibility index (Phi) is 9.51. The molecule has 0 radical (unpaired) electrons. The van der Waals surface area contributed by atoms with Gasteiger partial charge < -0.3 is 9.84 Å². The number of aromatic nitrogens is 2. The van der Waals surface area contributed by atoms with Crippen LogP contribution in [0.15, 0.2) is 101 Å². The maximum atomic E-state index is 13.6. The highest BCUT2D eigenvalue weighted by Gasteiger charge is 2.45. The molecule has 1 unspecified atom stereocenters. The summed E-state index contributed by atoms with van der Waals surface area (Å²) in [6, 6.07) is 24.0. The van der Waals surface area contributed by atoms with Crippen LogP contribution in [-0.2, 0) is 15.3 Å². The number of benzene rings is 3. The van der Waals surface area contributed by atoms with E-state index in [-0.39, 0.29) is 5.57 Å². The van der Waals surface area contributed by atoms with Crippen molar-refractivity contribution in [2.24, 2.45) is 0 Å². The predicted octanol–water partition coefficient (Wildman–Crippen LogP) is 7.50. The van der Waals surface area contributed by atoms with E-state index in [0.717, 1.165) is 24.0 Å². The molecule has 0 aliphatic carbocycles. The maximum absolute atomic E-state index is 13.6. The number of hydrogen-bond acceptors (Lipinski definition) is 8. The fourth-order valence-electron chi connectivity index (χ4n) is 4.49. The van der Waals surface area contributed by atoms with Crippen molar-refractivity contribution < 1.29 is 19.4 Å². The number of hydrogen-bond donors (Lipinski definition) is 1. The van der Waals surface area contributed by atoms with Crippen molar-refractivity contribution in [1.82, 2.24) is 10.2 Å². The number of nitrogens with zero attached hydrogens (tertiary/aromatic N) is 3. The molecule has 0 spiro atoms. The van der Waals surface area contributed by atoms with Crippen LogP contribution in [0.3, 0.4) is 0 Å². The van der Waals surface area contributed by atoms with Crippen LogP contribution in [0.25, 0.3) is 6.08 Å². The molecule has 1 amide bonds. The van der Waals surface area contributed by atoms with Crippen LogP contribution >= 0.6 is 23.1 Å². The van der Waals surface area contributed by atoms with Gasteiger partial charge in [0.15, 0.2) is 15.9 Å². The van der Waals surface area contributed by atoms with E-state index < -0.39 is 23.5 Å². The second-order valence-electron chi connectivity index (χ2n) is 9.85. The number of carbonyl (C=O) groups excluding carboxylic acids is 2. The monoisotopic (exact) mass is 597 g/mol. The Morgan fingerprint density at radius 1 is 1.07 bits per heavy atom. The molecule has 9 heteroatoms. The third kappa shape index (κ3) is 6.80. The Labute approximate surface area is 253 Å². The first kappa shape index (κ1) is 29.3. The first-order chi connectivity index (χ1) is 20.4. The van der Waals surface area contributed by atoms with E-state index in [1.807, 2.05) is 61.5 Å². The van der Waals surface area contributed by atoms with Crippen LogP contribution in [-0.4, -0.2) is 33.6 Å². The second-order valence-corrected chi connectivity index (χ2v) is 12.0. The second kappa shape index (κ2) is 13.6. The fraction of sp³-hybridized carbons (Fsp3) is 0.212. The molecule has 1 atom stereocenters. The van der Waals surface area contributed by atoms with E-state index >= 15 is 0 Å². The summed E-state index contributed by atoms with van der Waals surface area (Å²) in [5.74, 6) is -0.434. The minimum absolute atomic E-state index is 0.0121. The predicted molar refractivity (Wildman–Crippen MR) is 168 cm³/mol. The summed E-state index contributed by atoms with van der Waals surface area (Å²) < 4.78 is 6.60. The van der Waals surface area contributed by atoms with E-state index in [0.29, 0.717) is 33.1 Å². The number of rotatable bonds is 12. The molecule has 0 fully saturated rings.